The number of hydrogen-bond acceptors (Lipinski definition) is 3. The summed E-state index contributed by atoms with van der Waals surface area (Å²) in [6, 6.07) is 6.88. The first-order valence-corrected chi connectivity index (χ1v) is 8.71. The van der Waals surface area contributed by atoms with Crippen LogP contribution in [-0.4, -0.2) is 36.1 Å². The Morgan fingerprint density at radius 1 is 1.09 bits per heavy atom. The van der Waals surface area contributed by atoms with E-state index < -0.39 is 0 Å². The number of hydrogen-bond donors (Lipinski definition) is 1. The van der Waals surface area contributed by atoms with Crippen LogP contribution in [0.4, 0.5) is 0 Å². The highest BCUT2D eigenvalue weighted by atomic mass is 79.9. The number of piperazine rings is 1. The molecule has 1 aromatic rings. The lowest BCUT2D eigenvalue weighted by atomic mass is 9.81. The third-order valence-electron chi connectivity index (χ3n) is 4.68. The summed E-state index contributed by atoms with van der Waals surface area (Å²) in [6.45, 7) is 4.51. The van der Waals surface area contributed by atoms with Crippen molar-refractivity contribution in [2.75, 3.05) is 26.2 Å². The van der Waals surface area contributed by atoms with Gasteiger partial charge in [0.05, 0.1) is 11.7 Å². The Balaban J connectivity index is 0.00000121. The minimum atomic E-state index is 0. The second-order valence-electron chi connectivity index (χ2n) is 6.01. The zero-order valence-electron chi connectivity index (χ0n) is 12.8. The molecule has 3 nitrogen and oxygen atoms in total. The first-order chi connectivity index (χ1) is 9.84. The van der Waals surface area contributed by atoms with E-state index in [1.807, 2.05) is 6.07 Å². The van der Waals surface area contributed by atoms with E-state index in [9.17, 15) is 0 Å². The molecule has 1 aromatic heterocycles. The van der Waals surface area contributed by atoms with Gasteiger partial charge in [-0.3, -0.25) is 4.90 Å². The highest BCUT2D eigenvalue weighted by Crippen LogP contribution is 2.38. The van der Waals surface area contributed by atoms with Crippen molar-refractivity contribution in [2.24, 2.45) is 5.92 Å². The van der Waals surface area contributed by atoms with E-state index in [0.717, 1.165) is 36.7 Å². The van der Waals surface area contributed by atoms with Gasteiger partial charge in [0.2, 0.25) is 0 Å². The largest absolute Gasteiger partial charge is 0.314 e. The second kappa shape index (κ2) is 10.1. The van der Waals surface area contributed by atoms with E-state index in [1.165, 1.54) is 37.8 Å². The van der Waals surface area contributed by atoms with Crippen LogP contribution in [0, 0.1) is 5.92 Å². The highest BCUT2D eigenvalue weighted by molar-refractivity contribution is 9.10. The van der Waals surface area contributed by atoms with Gasteiger partial charge in [-0.05, 0) is 46.8 Å². The fourth-order valence-corrected chi connectivity index (χ4v) is 4.08. The quantitative estimate of drug-likeness (QED) is 0.756. The van der Waals surface area contributed by atoms with Gasteiger partial charge in [0.15, 0.2) is 0 Å². The summed E-state index contributed by atoms with van der Waals surface area (Å²) in [7, 11) is 0. The molecule has 0 amide bonds. The molecule has 2 heterocycles. The van der Waals surface area contributed by atoms with Crippen molar-refractivity contribution in [3.8, 4) is 0 Å². The summed E-state index contributed by atoms with van der Waals surface area (Å²) in [5, 5.41) is 3.46. The first-order valence-electron chi connectivity index (χ1n) is 7.92. The van der Waals surface area contributed by atoms with Crippen molar-refractivity contribution < 1.29 is 0 Å². The Morgan fingerprint density at radius 2 is 1.77 bits per heavy atom. The number of aromatic nitrogens is 1. The maximum absolute atomic E-state index is 4.78. The third kappa shape index (κ3) is 5.07. The second-order valence-corrected chi connectivity index (χ2v) is 6.83. The van der Waals surface area contributed by atoms with Crippen molar-refractivity contribution >= 4 is 40.7 Å². The van der Waals surface area contributed by atoms with Gasteiger partial charge in [0.1, 0.15) is 4.60 Å². The van der Waals surface area contributed by atoms with E-state index in [0.29, 0.717) is 6.04 Å². The Labute approximate surface area is 154 Å². The molecule has 1 aliphatic heterocycles. The minimum absolute atomic E-state index is 0. The normalized spacial score (nSPS) is 21.5. The van der Waals surface area contributed by atoms with Crippen molar-refractivity contribution in [3.05, 3.63) is 28.5 Å². The number of halogens is 3. The third-order valence-corrected chi connectivity index (χ3v) is 5.12. The fraction of sp³-hybridized carbons (Fsp3) is 0.688. The molecule has 1 aliphatic carbocycles. The average Bonchev–Trinajstić information content (AvgIpc) is 2.50. The van der Waals surface area contributed by atoms with Crippen LogP contribution < -0.4 is 5.32 Å². The Kier molecular flexibility index (Phi) is 9.25. The SMILES string of the molecule is Brc1cccc([C@H](C2CCCCC2)N2CCNCC2)n1.Cl.Cl. The van der Waals surface area contributed by atoms with E-state index in [-0.39, 0.29) is 24.8 Å². The van der Waals surface area contributed by atoms with Crippen LogP contribution in [0.2, 0.25) is 0 Å². The van der Waals surface area contributed by atoms with Gasteiger partial charge in [0, 0.05) is 26.2 Å². The van der Waals surface area contributed by atoms with Crippen LogP contribution >= 0.6 is 40.7 Å². The molecule has 126 valence electrons. The van der Waals surface area contributed by atoms with Crippen molar-refractivity contribution in [2.45, 2.75) is 38.1 Å². The maximum atomic E-state index is 4.78. The molecule has 2 aliphatic rings. The molecule has 1 saturated carbocycles. The lowest BCUT2D eigenvalue weighted by Crippen LogP contribution is -2.47. The monoisotopic (exact) mass is 409 g/mol. The van der Waals surface area contributed by atoms with E-state index in [1.54, 1.807) is 0 Å². The minimum Gasteiger partial charge on any atom is -0.314 e. The Bertz CT molecular complexity index is 417. The van der Waals surface area contributed by atoms with Crippen LogP contribution in [0.3, 0.4) is 0 Å². The Morgan fingerprint density at radius 3 is 2.41 bits per heavy atom. The van der Waals surface area contributed by atoms with Gasteiger partial charge in [-0.25, -0.2) is 4.98 Å². The van der Waals surface area contributed by atoms with E-state index >= 15 is 0 Å². The molecule has 2 fully saturated rings. The van der Waals surface area contributed by atoms with Gasteiger partial charge >= 0.3 is 0 Å². The van der Waals surface area contributed by atoms with Gasteiger partial charge < -0.3 is 5.32 Å². The molecular weight excluding hydrogens is 385 g/mol. The first kappa shape index (κ1) is 20.2. The topological polar surface area (TPSA) is 28.2 Å². The summed E-state index contributed by atoms with van der Waals surface area (Å²) in [6.07, 6.45) is 6.92. The zero-order valence-corrected chi connectivity index (χ0v) is 16.1. The summed E-state index contributed by atoms with van der Waals surface area (Å²) in [5.41, 5.74) is 1.26. The van der Waals surface area contributed by atoms with Gasteiger partial charge in [-0.2, -0.15) is 0 Å². The molecule has 6 heteroatoms. The molecule has 1 saturated heterocycles. The number of nitrogens with one attached hydrogen (secondary N) is 1. The molecule has 3 rings (SSSR count). The average molecular weight is 411 g/mol. The summed E-state index contributed by atoms with van der Waals surface area (Å²) in [5.74, 6) is 0.781. The Hall–Kier alpha value is 0.130. The summed E-state index contributed by atoms with van der Waals surface area (Å²) < 4.78 is 0.964. The molecule has 1 N–H and O–H groups in total. The van der Waals surface area contributed by atoms with Crippen LogP contribution in [0.15, 0.2) is 22.8 Å². The van der Waals surface area contributed by atoms with Gasteiger partial charge in [-0.15, -0.1) is 24.8 Å². The smallest absolute Gasteiger partial charge is 0.106 e. The van der Waals surface area contributed by atoms with E-state index in [4.69, 9.17) is 4.98 Å². The lowest BCUT2D eigenvalue weighted by molar-refractivity contribution is 0.100. The van der Waals surface area contributed by atoms with Crippen LogP contribution in [-0.2, 0) is 0 Å². The molecule has 0 unspecified atom stereocenters. The van der Waals surface area contributed by atoms with Gasteiger partial charge in [0.25, 0.3) is 0 Å². The lowest BCUT2D eigenvalue weighted by Gasteiger charge is -2.40. The molecule has 0 bridgehead atoms. The molecule has 0 radical (unpaired) electrons. The molecular formula is C16H26BrCl2N3. The van der Waals surface area contributed by atoms with Gasteiger partial charge in [-0.1, -0.05) is 25.3 Å². The van der Waals surface area contributed by atoms with Crippen molar-refractivity contribution in [1.29, 1.82) is 0 Å². The van der Waals surface area contributed by atoms with Crippen LogP contribution in [0.25, 0.3) is 0 Å². The fourth-order valence-electron chi connectivity index (χ4n) is 3.73. The highest BCUT2D eigenvalue weighted by Gasteiger charge is 2.31. The number of pyridine rings is 1. The number of rotatable bonds is 3. The molecule has 1 atom stereocenters. The standard InChI is InChI=1S/C16H24BrN3.2ClH/c17-15-8-4-7-14(19-15)16(13-5-2-1-3-6-13)20-11-9-18-10-12-20;;/h4,7-8,13,16,18H,1-3,5-6,9-12H2;2*1H/t16-;;/m0../s1. The predicted octanol–water partition coefficient (Wildman–Crippen LogP) is 4.21. The summed E-state index contributed by atoms with van der Waals surface area (Å²) >= 11 is 3.54. The maximum Gasteiger partial charge on any atom is 0.106 e. The van der Waals surface area contributed by atoms with Crippen molar-refractivity contribution in [1.82, 2.24) is 15.2 Å². The zero-order chi connectivity index (χ0) is 13.8. The van der Waals surface area contributed by atoms with E-state index in [2.05, 4.69) is 38.3 Å². The predicted molar refractivity (Wildman–Crippen MR) is 100 cm³/mol. The van der Waals surface area contributed by atoms with Crippen LogP contribution in [0.5, 0.6) is 0 Å². The van der Waals surface area contributed by atoms with Crippen LogP contribution in [0.1, 0.15) is 43.8 Å². The molecule has 0 spiro atoms. The molecule has 22 heavy (non-hydrogen) atoms. The molecule has 0 aromatic carbocycles. The number of nitrogens with zero attached hydrogens (tertiary/aromatic N) is 2. The van der Waals surface area contributed by atoms with Crippen molar-refractivity contribution in [3.63, 3.8) is 0 Å². The summed E-state index contributed by atoms with van der Waals surface area (Å²) in [4.78, 5) is 7.43.